The highest BCUT2D eigenvalue weighted by Gasteiger charge is 2.31. The van der Waals surface area contributed by atoms with Gasteiger partial charge in [-0.15, -0.1) is 0 Å². The summed E-state index contributed by atoms with van der Waals surface area (Å²) in [4.78, 5) is 12.5. The quantitative estimate of drug-likeness (QED) is 0.236. The number of ether oxygens (including phenoxy) is 3. The molecular formula is C30H21ClN2O4. The summed E-state index contributed by atoms with van der Waals surface area (Å²) in [5.74, 6) is 1.14. The smallest absolute Gasteiger partial charge is 0.315 e. The average molecular weight is 509 g/mol. The van der Waals surface area contributed by atoms with Gasteiger partial charge >= 0.3 is 5.97 Å². The molecule has 6 nitrogen and oxygen atoms in total. The van der Waals surface area contributed by atoms with Crippen LogP contribution in [0.15, 0.2) is 109 Å². The summed E-state index contributed by atoms with van der Waals surface area (Å²) >= 11 is 5.91. The predicted molar refractivity (Wildman–Crippen MR) is 139 cm³/mol. The van der Waals surface area contributed by atoms with Crippen LogP contribution in [0, 0.1) is 11.3 Å². The zero-order valence-electron chi connectivity index (χ0n) is 19.6. The summed E-state index contributed by atoms with van der Waals surface area (Å²) in [6.45, 7) is 0. The number of fused-ring (bicyclic) bond motifs is 1. The number of nitriles is 1. The molecule has 0 saturated heterocycles. The molecule has 0 radical (unpaired) electrons. The third-order valence-electron chi connectivity index (χ3n) is 5.85. The van der Waals surface area contributed by atoms with Gasteiger partial charge in [0.25, 0.3) is 0 Å². The van der Waals surface area contributed by atoms with Crippen LogP contribution in [0.3, 0.4) is 0 Å². The summed E-state index contributed by atoms with van der Waals surface area (Å²) in [5.41, 5.74) is 8.75. The number of allylic oxidation sites excluding steroid dienone is 1. The fourth-order valence-corrected chi connectivity index (χ4v) is 4.29. The fourth-order valence-electron chi connectivity index (χ4n) is 4.16. The molecule has 2 N–H and O–H groups in total. The highest BCUT2D eigenvalue weighted by atomic mass is 35.5. The second kappa shape index (κ2) is 10.5. The van der Waals surface area contributed by atoms with Gasteiger partial charge < -0.3 is 19.9 Å². The number of benzene rings is 4. The molecule has 182 valence electrons. The lowest BCUT2D eigenvalue weighted by Gasteiger charge is -2.27. The molecule has 1 unspecified atom stereocenters. The molecule has 1 aliphatic heterocycles. The van der Waals surface area contributed by atoms with Gasteiger partial charge in [0.2, 0.25) is 5.88 Å². The second-order valence-corrected chi connectivity index (χ2v) is 8.83. The molecule has 1 atom stereocenters. The van der Waals surface area contributed by atoms with Crippen molar-refractivity contribution in [3.63, 3.8) is 0 Å². The van der Waals surface area contributed by atoms with Crippen LogP contribution >= 0.6 is 11.6 Å². The maximum atomic E-state index is 12.5. The van der Waals surface area contributed by atoms with Gasteiger partial charge in [-0.05, 0) is 53.6 Å². The highest BCUT2D eigenvalue weighted by Crippen LogP contribution is 2.44. The Morgan fingerprint density at radius 1 is 0.919 bits per heavy atom. The number of hydrogen-bond acceptors (Lipinski definition) is 6. The Hall–Kier alpha value is -4.73. The lowest BCUT2D eigenvalue weighted by Crippen LogP contribution is -2.21. The first-order valence-corrected chi connectivity index (χ1v) is 11.9. The van der Waals surface area contributed by atoms with Crippen LogP contribution in [0.4, 0.5) is 0 Å². The number of nitrogens with two attached hydrogens (primary N) is 1. The van der Waals surface area contributed by atoms with E-state index in [1.807, 2.05) is 54.6 Å². The molecule has 5 rings (SSSR count). The van der Waals surface area contributed by atoms with Crippen LogP contribution in [0.1, 0.15) is 22.6 Å². The molecule has 4 aromatic rings. The number of carbonyl (C=O) groups excluding carboxylic acids is 1. The van der Waals surface area contributed by atoms with Crippen molar-refractivity contribution >= 4 is 17.6 Å². The van der Waals surface area contributed by atoms with E-state index in [0.717, 1.165) is 16.7 Å². The molecule has 0 fully saturated rings. The third kappa shape index (κ3) is 5.43. The van der Waals surface area contributed by atoms with Gasteiger partial charge in [-0.2, -0.15) is 5.26 Å². The van der Waals surface area contributed by atoms with Gasteiger partial charge in [0.15, 0.2) is 0 Å². The molecule has 0 bridgehead atoms. The molecule has 7 heteroatoms. The number of hydrogen-bond donors (Lipinski definition) is 1. The highest BCUT2D eigenvalue weighted by molar-refractivity contribution is 6.30. The first-order chi connectivity index (χ1) is 18.0. The lowest BCUT2D eigenvalue weighted by atomic mass is 9.83. The monoisotopic (exact) mass is 508 g/mol. The topological polar surface area (TPSA) is 94.6 Å². The van der Waals surface area contributed by atoms with Gasteiger partial charge in [-0.1, -0.05) is 60.1 Å². The zero-order valence-corrected chi connectivity index (χ0v) is 20.3. The number of nitrogens with zero attached hydrogens (tertiary/aromatic N) is 1. The van der Waals surface area contributed by atoms with Crippen molar-refractivity contribution in [1.29, 1.82) is 5.26 Å². The number of esters is 1. The van der Waals surface area contributed by atoms with E-state index in [4.69, 9.17) is 31.5 Å². The van der Waals surface area contributed by atoms with Gasteiger partial charge in [-0.3, -0.25) is 4.79 Å². The third-order valence-corrected chi connectivity index (χ3v) is 6.11. The molecular weight excluding hydrogens is 488 g/mol. The van der Waals surface area contributed by atoms with Crippen molar-refractivity contribution in [3.05, 3.63) is 130 Å². The van der Waals surface area contributed by atoms with Crippen LogP contribution in [-0.4, -0.2) is 5.97 Å². The van der Waals surface area contributed by atoms with Gasteiger partial charge in [-0.25, -0.2) is 0 Å². The number of carbonyl (C=O) groups is 1. The Labute approximate surface area is 219 Å². The minimum absolute atomic E-state index is 0.000906. The van der Waals surface area contributed by atoms with Crippen LogP contribution in [0.25, 0.3) is 0 Å². The van der Waals surface area contributed by atoms with E-state index >= 15 is 0 Å². The van der Waals surface area contributed by atoms with Crippen molar-refractivity contribution in [2.24, 2.45) is 5.73 Å². The maximum Gasteiger partial charge on any atom is 0.315 e. The first kappa shape index (κ1) is 24.0. The average Bonchev–Trinajstić information content (AvgIpc) is 2.90. The Morgan fingerprint density at radius 3 is 2.43 bits per heavy atom. The van der Waals surface area contributed by atoms with E-state index in [0.29, 0.717) is 28.0 Å². The maximum absolute atomic E-state index is 12.5. The molecule has 0 aromatic heterocycles. The van der Waals surface area contributed by atoms with Crippen molar-refractivity contribution in [2.75, 3.05) is 0 Å². The van der Waals surface area contributed by atoms with Gasteiger partial charge in [0.05, 0.1) is 12.3 Å². The molecule has 1 heterocycles. The van der Waals surface area contributed by atoms with Crippen molar-refractivity contribution in [2.45, 2.75) is 12.3 Å². The summed E-state index contributed by atoms with van der Waals surface area (Å²) < 4.78 is 17.3. The normalized spacial score (nSPS) is 14.2. The molecule has 0 spiro atoms. The van der Waals surface area contributed by atoms with Crippen LogP contribution in [0.2, 0.25) is 5.02 Å². The van der Waals surface area contributed by atoms with Crippen molar-refractivity contribution in [1.82, 2.24) is 0 Å². The van der Waals surface area contributed by atoms with Crippen LogP contribution in [-0.2, 0) is 11.2 Å². The molecule has 0 aliphatic carbocycles. The first-order valence-electron chi connectivity index (χ1n) is 11.5. The summed E-state index contributed by atoms with van der Waals surface area (Å²) in [7, 11) is 0. The summed E-state index contributed by atoms with van der Waals surface area (Å²) in [6.07, 6.45) is 0.0898. The van der Waals surface area contributed by atoms with E-state index in [1.165, 1.54) is 0 Å². The Bertz CT molecular complexity index is 1530. The molecule has 0 saturated carbocycles. The largest absolute Gasteiger partial charge is 0.457 e. The van der Waals surface area contributed by atoms with E-state index in [2.05, 4.69) is 6.07 Å². The minimum Gasteiger partial charge on any atom is -0.457 e. The molecule has 4 aromatic carbocycles. The predicted octanol–water partition coefficient (Wildman–Crippen LogP) is 6.50. The van der Waals surface area contributed by atoms with Gasteiger partial charge in [0, 0.05) is 16.7 Å². The standard InChI is InChI=1S/C30H21ClN2O4/c31-21-11-9-19(10-12-21)15-28(34)36-24-13-14-25-27(17-24)37-30(33)26(18-32)29(25)20-5-4-8-23(16-20)35-22-6-2-1-3-7-22/h1-14,16-17,29H,15,33H2. The second-order valence-electron chi connectivity index (χ2n) is 8.39. The lowest BCUT2D eigenvalue weighted by molar-refractivity contribution is -0.133. The summed E-state index contributed by atoms with van der Waals surface area (Å²) in [5, 5.41) is 10.5. The van der Waals surface area contributed by atoms with Crippen molar-refractivity contribution in [3.8, 4) is 29.1 Å². The molecule has 1 aliphatic rings. The zero-order chi connectivity index (χ0) is 25.8. The summed E-state index contributed by atoms with van der Waals surface area (Å²) in [6, 6.07) is 31.1. The molecule has 0 amide bonds. The minimum atomic E-state index is -0.480. The van der Waals surface area contributed by atoms with E-state index in [9.17, 15) is 10.1 Å². The van der Waals surface area contributed by atoms with Gasteiger partial charge in [0.1, 0.15) is 34.6 Å². The number of rotatable bonds is 6. The fraction of sp³-hybridized carbons (Fsp3) is 0.0667. The van der Waals surface area contributed by atoms with E-state index < -0.39 is 11.9 Å². The molecule has 37 heavy (non-hydrogen) atoms. The Kier molecular flexibility index (Phi) is 6.80. The Balaban J connectivity index is 1.41. The van der Waals surface area contributed by atoms with Crippen LogP contribution < -0.4 is 19.9 Å². The van der Waals surface area contributed by atoms with Crippen molar-refractivity contribution < 1.29 is 19.0 Å². The Morgan fingerprint density at radius 2 is 1.68 bits per heavy atom. The number of para-hydroxylation sites is 1. The number of halogens is 1. The SMILES string of the molecule is N#CC1=C(N)Oc2cc(OC(=O)Cc3ccc(Cl)cc3)ccc2C1c1cccc(Oc2ccccc2)c1. The van der Waals surface area contributed by atoms with Crippen LogP contribution in [0.5, 0.6) is 23.0 Å². The van der Waals surface area contributed by atoms with E-state index in [-0.39, 0.29) is 17.9 Å². The van der Waals surface area contributed by atoms with E-state index in [1.54, 1.807) is 42.5 Å².